The molecule has 0 aliphatic carbocycles. The zero-order valence-corrected chi connectivity index (χ0v) is 12.6. The molecule has 0 radical (unpaired) electrons. The molecule has 0 bridgehead atoms. The molecule has 0 spiro atoms. The molecule has 2 aromatic rings. The Bertz CT molecular complexity index is 697. The minimum Gasteiger partial charge on any atom is -0.381 e. The summed E-state index contributed by atoms with van der Waals surface area (Å²) in [6.07, 6.45) is 0. The topological polar surface area (TPSA) is 81.4 Å². The van der Waals surface area contributed by atoms with Crippen molar-refractivity contribution in [3.05, 3.63) is 59.7 Å². The smallest absolute Gasteiger partial charge is 0.238 e. The Morgan fingerprint density at radius 2 is 1.67 bits per heavy atom. The monoisotopic (exact) mass is 306 g/mol. The van der Waals surface area contributed by atoms with E-state index >= 15 is 0 Å². The second-order valence-corrected chi connectivity index (χ2v) is 6.19. The van der Waals surface area contributed by atoms with Gasteiger partial charge in [-0.15, -0.1) is 0 Å². The zero-order chi connectivity index (χ0) is 15.3. The van der Waals surface area contributed by atoms with Crippen molar-refractivity contribution in [3.8, 4) is 0 Å². The Labute approximate surface area is 124 Å². The van der Waals surface area contributed by atoms with Crippen LogP contribution in [-0.2, 0) is 27.9 Å². The standard InChI is InChI=1S/C15H18N2O3S/c1-20-11-13-5-3-2-4-12(13)10-17-14-6-8-15(9-7-14)21(16,18)19/h2-9,17H,10-11H2,1H3,(H2,16,18,19). The van der Waals surface area contributed by atoms with Gasteiger partial charge in [-0.2, -0.15) is 0 Å². The van der Waals surface area contributed by atoms with Crippen LogP contribution in [0.2, 0.25) is 0 Å². The molecule has 0 aliphatic heterocycles. The molecule has 0 fully saturated rings. The third-order valence-corrected chi connectivity index (χ3v) is 4.01. The first kappa shape index (κ1) is 15.5. The molecule has 0 aliphatic rings. The number of sulfonamides is 1. The number of methoxy groups -OCH3 is 1. The predicted octanol–water partition coefficient (Wildman–Crippen LogP) is 2.09. The zero-order valence-electron chi connectivity index (χ0n) is 11.7. The molecule has 0 saturated carbocycles. The summed E-state index contributed by atoms with van der Waals surface area (Å²) >= 11 is 0. The fraction of sp³-hybridized carbons (Fsp3) is 0.200. The molecule has 0 atom stereocenters. The summed E-state index contributed by atoms with van der Waals surface area (Å²) in [4.78, 5) is 0.104. The maximum absolute atomic E-state index is 11.2. The molecule has 0 heterocycles. The number of benzene rings is 2. The number of rotatable bonds is 6. The van der Waals surface area contributed by atoms with Gasteiger partial charge in [0.25, 0.3) is 0 Å². The molecule has 5 nitrogen and oxygen atoms in total. The summed E-state index contributed by atoms with van der Waals surface area (Å²) < 4.78 is 27.5. The van der Waals surface area contributed by atoms with Crippen LogP contribution in [0.4, 0.5) is 5.69 Å². The van der Waals surface area contributed by atoms with E-state index in [0.29, 0.717) is 13.2 Å². The van der Waals surface area contributed by atoms with Gasteiger partial charge in [-0.05, 0) is 35.4 Å². The van der Waals surface area contributed by atoms with Gasteiger partial charge in [-0.3, -0.25) is 0 Å². The second-order valence-electron chi connectivity index (χ2n) is 4.62. The first-order valence-corrected chi connectivity index (χ1v) is 7.98. The van der Waals surface area contributed by atoms with Crippen LogP contribution in [0.5, 0.6) is 0 Å². The van der Waals surface area contributed by atoms with Crippen molar-refractivity contribution in [1.29, 1.82) is 0 Å². The molecule has 6 heteroatoms. The van der Waals surface area contributed by atoms with E-state index in [4.69, 9.17) is 9.88 Å². The van der Waals surface area contributed by atoms with Gasteiger partial charge >= 0.3 is 0 Å². The highest BCUT2D eigenvalue weighted by atomic mass is 32.2. The Balaban J connectivity index is 2.07. The van der Waals surface area contributed by atoms with Crippen LogP contribution in [0.15, 0.2) is 53.4 Å². The van der Waals surface area contributed by atoms with Gasteiger partial charge in [0.05, 0.1) is 11.5 Å². The van der Waals surface area contributed by atoms with Crippen molar-refractivity contribution in [2.45, 2.75) is 18.0 Å². The Morgan fingerprint density at radius 1 is 1.05 bits per heavy atom. The fourth-order valence-corrected chi connectivity index (χ4v) is 2.50. The maximum Gasteiger partial charge on any atom is 0.238 e. The highest BCUT2D eigenvalue weighted by Crippen LogP contribution is 2.16. The van der Waals surface area contributed by atoms with Crippen LogP contribution in [-0.4, -0.2) is 15.5 Å². The molecule has 21 heavy (non-hydrogen) atoms. The van der Waals surface area contributed by atoms with E-state index in [1.807, 2.05) is 24.3 Å². The van der Waals surface area contributed by atoms with Crippen LogP contribution >= 0.6 is 0 Å². The second kappa shape index (κ2) is 6.71. The molecule has 112 valence electrons. The van der Waals surface area contributed by atoms with E-state index in [1.165, 1.54) is 12.1 Å². The van der Waals surface area contributed by atoms with Crippen LogP contribution in [0.3, 0.4) is 0 Å². The van der Waals surface area contributed by atoms with Crippen molar-refractivity contribution in [2.75, 3.05) is 12.4 Å². The summed E-state index contributed by atoms with van der Waals surface area (Å²) in [5.74, 6) is 0. The van der Waals surface area contributed by atoms with E-state index in [-0.39, 0.29) is 4.90 Å². The van der Waals surface area contributed by atoms with Gasteiger partial charge in [0, 0.05) is 19.3 Å². The van der Waals surface area contributed by atoms with Crippen molar-refractivity contribution in [1.82, 2.24) is 0 Å². The summed E-state index contributed by atoms with van der Waals surface area (Å²) in [5.41, 5.74) is 3.08. The van der Waals surface area contributed by atoms with Gasteiger partial charge in [-0.25, -0.2) is 13.6 Å². The number of ether oxygens (including phenoxy) is 1. The number of anilines is 1. The van der Waals surface area contributed by atoms with Crippen LogP contribution in [0, 0.1) is 0 Å². The Kier molecular flexibility index (Phi) is 4.95. The Hall–Kier alpha value is -1.89. The fourth-order valence-electron chi connectivity index (χ4n) is 1.99. The van der Waals surface area contributed by atoms with E-state index in [9.17, 15) is 8.42 Å². The van der Waals surface area contributed by atoms with E-state index in [1.54, 1.807) is 19.2 Å². The lowest BCUT2D eigenvalue weighted by Crippen LogP contribution is -2.12. The van der Waals surface area contributed by atoms with Crippen molar-refractivity contribution < 1.29 is 13.2 Å². The van der Waals surface area contributed by atoms with Gasteiger partial charge in [0.15, 0.2) is 0 Å². The Morgan fingerprint density at radius 3 is 2.24 bits per heavy atom. The number of hydrogen-bond donors (Lipinski definition) is 2. The molecule has 2 aromatic carbocycles. The quantitative estimate of drug-likeness (QED) is 0.856. The average molecular weight is 306 g/mol. The summed E-state index contributed by atoms with van der Waals surface area (Å²) in [7, 11) is -1.98. The van der Waals surface area contributed by atoms with Crippen LogP contribution in [0.1, 0.15) is 11.1 Å². The van der Waals surface area contributed by atoms with Crippen LogP contribution in [0.25, 0.3) is 0 Å². The molecule has 0 amide bonds. The molecule has 0 saturated heterocycles. The van der Waals surface area contributed by atoms with E-state index in [2.05, 4.69) is 5.32 Å². The highest BCUT2D eigenvalue weighted by Gasteiger charge is 2.07. The minimum absolute atomic E-state index is 0.104. The first-order valence-electron chi connectivity index (χ1n) is 6.43. The van der Waals surface area contributed by atoms with Crippen molar-refractivity contribution in [2.24, 2.45) is 5.14 Å². The molecular weight excluding hydrogens is 288 g/mol. The number of primary sulfonamides is 1. The van der Waals surface area contributed by atoms with E-state index < -0.39 is 10.0 Å². The third-order valence-electron chi connectivity index (χ3n) is 3.08. The lowest BCUT2D eigenvalue weighted by molar-refractivity contribution is 0.184. The minimum atomic E-state index is -3.65. The number of nitrogens with one attached hydrogen (secondary N) is 1. The summed E-state index contributed by atoms with van der Waals surface area (Å²) in [6.45, 7) is 1.19. The third kappa shape index (κ3) is 4.29. The SMILES string of the molecule is COCc1ccccc1CNc1ccc(S(N)(=O)=O)cc1. The van der Waals surface area contributed by atoms with Gasteiger partial charge in [-0.1, -0.05) is 24.3 Å². The molecular formula is C15H18N2O3S. The van der Waals surface area contributed by atoms with E-state index in [0.717, 1.165) is 16.8 Å². The lowest BCUT2D eigenvalue weighted by atomic mass is 10.1. The van der Waals surface area contributed by atoms with Crippen molar-refractivity contribution >= 4 is 15.7 Å². The molecule has 3 N–H and O–H groups in total. The normalized spacial score (nSPS) is 11.3. The van der Waals surface area contributed by atoms with Gasteiger partial charge in [0.2, 0.25) is 10.0 Å². The van der Waals surface area contributed by atoms with Gasteiger partial charge < -0.3 is 10.1 Å². The van der Waals surface area contributed by atoms with Crippen molar-refractivity contribution in [3.63, 3.8) is 0 Å². The van der Waals surface area contributed by atoms with Gasteiger partial charge in [0.1, 0.15) is 0 Å². The number of hydrogen-bond acceptors (Lipinski definition) is 4. The summed E-state index contributed by atoms with van der Waals surface area (Å²) in [6, 6.07) is 14.3. The average Bonchev–Trinajstić information content (AvgIpc) is 2.46. The molecule has 0 unspecified atom stereocenters. The highest BCUT2D eigenvalue weighted by molar-refractivity contribution is 7.89. The summed E-state index contributed by atoms with van der Waals surface area (Å²) in [5, 5.41) is 8.31. The van der Waals surface area contributed by atoms with Crippen LogP contribution < -0.4 is 10.5 Å². The molecule has 0 aromatic heterocycles. The number of nitrogens with two attached hydrogens (primary N) is 1. The first-order chi connectivity index (χ1) is 10.0. The predicted molar refractivity (Wildman–Crippen MR) is 82.3 cm³/mol. The molecule has 2 rings (SSSR count). The maximum atomic E-state index is 11.2. The largest absolute Gasteiger partial charge is 0.381 e. The lowest BCUT2D eigenvalue weighted by Gasteiger charge is -2.11.